The highest BCUT2D eigenvalue weighted by molar-refractivity contribution is 6.30. The van der Waals surface area contributed by atoms with Gasteiger partial charge in [-0.2, -0.15) is 0 Å². The minimum absolute atomic E-state index is 0.0382. The molecule has 0 saturated carbocycles. The Balaban J connectivity index is 1.98. The second-order valence-electron chi connectivity index (χ2n) is 4.88. The minimum Gasteiger partial charge on any atom is -0.482 e. The van der Waals surface area contributed by atoms with Crippen molar-refractivity contribution in [3.63, 3.8) is 0 Å². The van der Waals surface area contributed by atoms with Gasteiger partial charge in [-0.25, -0.2) is 4.79 Å². The van der Waals surface area contributed by atoms with E-state index in [0.717, 1.165) is 12.1 Å². The monoisotopic (exact) mass is 303 g/mol. The molecule has 0 spiro atoms. The summed E-state index contributed by atoms with van der Waals surface area (Å²) >= 11 is 6.09. The molecule has 1 unspecified atom stereocenters. The molecule has 21 heavy (non-hydrogen) atoms. The number of ether oxygens (including phenoxy) is 1. The Labute approximate surface area is 127 Å². The highest BCUT2D eigenvalue weighted by Crippen LogP contribution is 2.37. The van der Waals surface area contributed by atoms with Crippen LogP contribution in [0.25, 0.3) is 0 Å². The maximum absolute atomic E-state index is 10.7. The predicted molar refractivity (Wildman–Crippen MR) is 79.7 cm³/mol. The van der Waals surface area contributed by atoms with Crippen LogP contribution < -0.4 is 10.1 Å². The van der Waals surface area contributed by atoms with Crippen molar-refractivity contribution in [1.29, 1.82) is 0 Å². The van der Waals surface area contributed by atoms with E-state index in [2.05, 4.69) is 17.4 Å². The lowest BCUT2D eigenvalue weighted by Crippen LogP contribution is -2.16. The van der Waals surface area contributed by atoms with E-state index in [9.17, 15) is 4.79 Å². The van der Waals surface area contributed by atoms with E-state index in [4.69, 9.17) is 21.4 Å². The molecule has 1 atom stereocenters. The Morgan fingerprint density at radius 2 is 2.10 bits per heavy atom. The van der Waals surface area contributed by atoms with Gasteiger partial charge in [-0.1, -0.05) is 35.9 Å². The van der Waals surface area contributed by atoms with Gasteiger partial charge >= 0.3 is 5.97 Å². The molecule has 1 aliphatic rings. The van der Waals surface area contributed by atoms with E-state index in [1.165, 1.54) is 11.1 Å². The molecule has 3 rings (SSSR count). The third-order valence-electron chi connectivity index (χ3n) is 3.50. The maximum Gasteiger partial charge on any atom is 0.341 e. The highest BCUT2D eigenvalue weighted by Gasteiger charge is 2.26. The molecule has 2 aromatic rings. The average Bonchev–Trinajstić information content (AvgIpc) is 2.89. The summed E-state index contributed by atoms with van der Waals surface area (Å²) in [6.45, 7) is 0.398. The first kappa shape index (κ1) is 13.9. The summed E-state index contributed by atoms with van der Waals surface area (Å²) in [4.78, 5) is 10.7. The number of hydrogen-bond acceptors (Lipinski definition) is 3. The van der Waals surface area contributed by atoms with Crippen molar-refractivity contribution in [2.45, 2.75) is 12.6 Å². The van der Waals surface area contributed by atoms with Crippen LogP contribution in [0.3, 0.4) is 0 Å². The van der Waals surface area contributed by atoms with E-state index >= 15 is 0 Å². The number of carboxylic acid groups (broad SMARTS) is 1. The lowest BCUT2D eigenvalue weighted by Gasteiger charge is -2.17. The molecule has 4 nitrogen and oxygen atoms in total. The highest BCUT2D eigenvalue weighted by atomic mass is 35.5. The summed E-state index contributed by atoms with van der Waals surface area (Å²) in [6, 6.07) is 13.3. The van der Waals surface area contributed by atoms with E-state index < -0.39 is 5.97 Å². The molecule has 0 radical (unpaired) electrons. The fraction of sp³-hybridized carbons (Fsp3) is 0.188. The SMILES string of the molecule is O=C(O)COc1ccc(Cl)cc1C1NCc2ccccc21. The quantitative estimate of drug-likeness (QED) is 0.911. The molecular formula is C16H14ClNO3. The van der Waals surface area contributed by atoms with Gasteiger partial charge in [0.1, 0.15) is 5.75 Å². The molecule has 0 amide bonds. The third-order valence-corrected chi connectivity index (χ3v) is 3.73. The first-order chi connectivity index (χ1) is 10.1. The number of hydrogen-bond donors (Lipinski definition) is 2. The zero-order valence-corrected chi connectivity index (χ0v) is 11.9. The van der Waals surface area contributed by atoms with Crippen molar-refractivity contribution in [1.82, 2.24) is 5.32 Å². The van der Waals surface area contributed by atoms with Crippen LogP contribution in [-0.2, 0) is 11.3 Å². The number of aliphatic carboxylic acids is 1. The van der Waals surface area contributed by atoms with Gasteiger partial charge in [0.05, 0.1) is 6.04 Å². The van der Waals surface area contributed by atoms with Gasteiger partial charge in [0.2, 0.25) is 0 Å². The second-order valence-corrected chi connectivity index (χ2v) is 5.31. The number of rotatable bonds is 4. The number of carbonyl (C=O) groups is 1. The van der Waals surface area contributed by atoms with Crippen molar-refractivity contribution in [2.24, 2.45) is 0 Å². The van der Waals surface area contributed by atoms with Crippen LogP contribution in [0.2, 0.25) is 5.02 Å². The Kier molecular flexibility index (Phi) is 3.82. The van der Waals surface area contributed by atoms with Crippen LogP contribution in [0.1, 0.15) is 22.7 Å². The van der Waals surface area contributed by atoms with Crippen molar-refractivity contribution in [3.05, 3.63) is 64.2 Å². The zero-order chi connectivity index (χ0) is 14.8. The Bertz CT molecular complexity index is 687. The standard InChI is InChI=1S/C16H14ClNO3/c17-11-5-6-14(21-9-15(19)20)13(7-11)16-12-4-2-1-3-10(12)8-18-16/h1-7,16,18H,8-9H2,(H,19,20). The van der Waals surface area contributed by atoms with Crippen LogP contribution in [0, 0.1) is 0 Å². The molecule has 0 aromatic heterocycles. The van der Waals surface area contributed by atoms with E-state index in [0.29, 0.717) is 10.8 Å². The van der Waals surface area contributed by atoms with Crippen LogP contribution in [0.4, 0.5) is 0 Å². The molecule has 0 saturated heterocycles. The summed E-state index contributed by atoms with van der Waals surface area (Å²) in [6.07, 6.45) is 0. The molecule has 0 bridgehead atoms. The number of fused-ring (bicyclic) bond motifs is 1. The number of halogens is 1. The van der Waals surface area contributed by atoms with Crippen molar-refractivity contribution in [3.8, 4) is 5.75 Å². The normalized spacial score (nSPS) is 16.5. The van der Waals surface area contributed by atoms with Gasteiger partial charge < -0.3 is 15.2 Å². The molecule has 0 fully saturated rings. The van der Waals surface area contributed by atoms with Crippen LogP contribution in [0.5, 0.6) is 5.75 Å². The van der Waals surface area contributed by atoms with Gasteiger partial charge in [0.25, 0.3) is 0 Å². The lowest BCUT2D eigenvalue weighted by molar-refractivity contribution is -0.139. The van der Waals surface area contributed by atoms with Crippen molar-refractivity contribution < 1.29 is 14.6 Å². The Hall–Kier alpha value is -2.04. The fourth-order valence-corrected chi connectivity index (χ4v) is 2.77. The molecule has 5 heteroatoms. The number of nitrogens with one attached hydrogen (secondary N) is 1. The first-order valence-corrected chi connectivity index (χ1v) is 6.98. The lowest BCUT2D eigenvalue weighted by atomic mass is 9.98. The van der Waals surface area contributed by atoms with Gasteiger partial charge in [0, 0.05) is 17.1 Å². The molecular weight excluding hydrogens is 290 g/mol. The molecule has 2 aromatic carbocycles. The average molecular weight is 304 g/mol. The summed E-state index contributed by atoms with van der Waals surface area (Å²) < 4.78 is 5.38. The maximum atomic E-state index is 10.7. The van der Waals surface area contributed by atoms with Gasteiger partial charge in [-0.05, 0) is 29.3 Å². The Morgan fingerprint density at radius 1 is 1.29 bits per heavy atom. The fourth-order valence-electron chi connectivity index (χ4n) is 2.59. The first-order valence-electron chi connectivity index (χ1n) is 6.60. The molecule has 108 valence electrons. The van der Waals surface area contributed by atoms with Crippen molar-refractivity contribution >= 4 is 17.6 Å². The number of benzene rings is 2. The summed E-state index contributed by atoms with van der Waals surface area (Å²) in [5, 5.41) is 12.8. The van der Waals surface area contributed by atoms with E-state index in [-0.39, 0.29) is 12.6 Å². The second kappa shape index (κ2) is 5.76. The Morgan fingerprint density at radius 3 is 2.90 bits per heavy atom. The van der Waals surface area contributed by atoms with E-state index in [1.54, 1.807) is 12.1 Å². The smallest absolute Gasteiger partial charge is 0.341 e. The van der Waals surface area contributed by atoms with Crippen LogP contribution in [0.15, 0.2) is 42.5 Å². The topological polar surface area (TPSA) is 58.6 Å². The minimum atomic E-state index is -1.00. The molecule has 1 heterocycles. The van der Waals surface area contributed by atoms with Crippen molar-refractivity contribution in [2.75, 3.05) is 6.61 Å². The summed E-state index contributed by atoms with van der Waals surface area (Å²) in [5.74, 6) is -0.466. The predicted octanol–water partition coefficient (Wildman–Crippen LogP) is 3.00. The largest absolute Gasteiger partial charge is 0.482 e. The molecule has 2 N–H and O–H groups in total. The molecule has 1 aliphatic heterocycles. The van der Waals surface area contributed by atoms with Gasteiger partial charge in [0.15, 0.2) is 6.61 Å². The zero-order valence-electron chi connectivity index (χ0n) is 11.2. The summed E-state index contributed by atoms with van der Waals surface area (Å²) in [5.41, 5.74) is 3.25. The summed E-state index contributed by atoms with van der Waals surface area (Å²) in [7, 11) is 0. The molecule has 0 aliphatic carbocycles. The van der Waals surface area contributed by atoms with E-state index in [1.807, 2.05) is 18.2 Å². The van der Waals surface area contributed by atoms with Gasteiger partial charge in [-0.15, -0.1) is 0 Å². The van der Waals surface area contributed by atoms with Crippen LogP contribution in [-0.4, -0.2) is 17.7 Å². The van der Waals surface area contributed by atoms with Gasteiger partial charge in [-0.3, -0.25) is 0 Å². The van der Waals surface area contributed by atoms with Crippen LogP contribution >= 0.6 is 11.6 Å². The number of carboxylic acids is 1. The third kappa shape index (κ3) is 2.86.